The Hall–Kier alpha value is -1.04. The van der Waals surface area contributed by atoms with Crippen molar-refractivity contribution in [3.8, 4) is 6.07 Å². The zero-order valence-corrected chi connectivity index (χ0v) is 10.7. The van der Waals surface area contributed by atoms with Gasteiger partial charge in [0, 0.05) is 6.04 Å². The molecule has 1 saturated carbocycles. The van der Waals surface area contributed by atoms with Crippen LogP contribution in [0.25, 0.3) is 0 Å². The molecular weight excluding hydrogens is 200 g/mol. The highest BCUT2D eigenvalue weighted by Gasteiger charge is 2.36. The first-order chi connectivity index (χ1) is 7.38. The number of amides is 1. The zero-order chi connectivity index (χ0) is 12.3. The fraction of sp³-hybridized carbons (Fsp3) is 0.846. The van der Waals surface area contributed by atoms with E-state index >= 15 is 0 Å². The molecule has 2 unspecified atom stereocenters. The van der Waals surface area contributed by atoms with E-state index in [2.05, 4.69) is 25.2 Å². The van der Waals surface area contributed by atoms with Gasteiger partial charge in [0.2, 0.25) is 5.91 Å². The van der Waals surface area contributed by atoms with Crippen molar-refractivity contribution in [2.24, 2.45) is 17.3 Å². The highest BCUT2D eigenvalue weighted by atomic mass is 16.1. The summed E-state index contributed by atoms with van der Waals surface area (Å²) in [4.78, 5) is 11.9. The molecule has 0 aliphatic heterocycles. The number of hydrogen-bond donors (Lipinski definition) is 1. The van der Waals surface area contributed by atoms with Crippen LogP contribution in [-0.2, 0) is 4.79 Å². The van der Waals surface area contributed by atoms with Crippen LogP contribution in [0.2, 0.25) is 0 Å². The van der Waals surface area contributed by atoms with Crippen LogP contribution >= 0.6 is 0 Å². The maximum Gasteiger partial charge on any atom is 0.237 e. The van der Waals surface area contributed by atoms with Gasteiger partial charge in [-0.2, -0.15) is 5.26 Å². The normalized spacial score (nSPS) is 25.1. The molecule has 0 radical (unpaired) electrons. The van der Waals surface area contributed by atoms with Gasteiger partial charge in [0.1, 0.15) is 5.92 Å². The minimum atomic E-state index is -0.517. The second-order valence-corrected chi connectivity index (χ2v) is 5.79. The van der Waals surface area contributed by atoms with Crippen LogP contribution in [0.1, 0.15) is 47.0 Å². The lowest BCUT2D eigenvalue weighted by Gasteiger charge is -2.29. The molecule has 0 aromatic carbocycles. The number of hydrogen-bond acceptors (Lipinski definition) is 2. The van der Waals surface area contributed by atoms with Gasteiger partial charge in [0.15, 0.2) is 0 Å². The van der Waals surface area contributed by atoms with Crippen molar-refractivity contribution in [1.29, 1.82) is 5.26 Å². The van der Waals surface area contributed by atoms with Gasteiger partial charge in [-0.3, -0.25) is 4.79 Å². The van der Waals surface area contributed by atoms with Gasteiger partial charge < -0.3 is 5.32 Å². The van der Waals surface area contributed by atoms with E-state index in [4.69, 9.17) is 5.26 Å². The van der Waals surface area contributed by atoms with E-state index in [1.54, 1.807) is 0 Å². The third-order valence-electron chi connectivity index (χ3n) is 3.66. The molecule has 1 aliphatic rings. The van der Waals surface area contributed by atoms with E-state index in [1.807, 2.05) is 13.8 Å². The van der Waals surface area contributed by atoms with Crippen molar-refractivity contribution in [3.05, 3.63) is 0 Å². The Morgan fingerprint density at radius 2 is 2.12 bits per heavy atom. The number of rotatable bonds is 3. The van der Waals surface area contributed by atoms with Gasteiger partial charge in [-0.25, -0.2) is 0 Å². The lowest BCUT2D eigenvalue weighted by Crippen LogP contribution is -2.44. The molecule has 1 amide bonds. The van der Waals surface area contributed by atoms with Crippen molar-refractivity contribution in [3.63, 3.8) is 0 Å². The first kappa shape index (κ1) is 13.0. The first-order valence-electron chi connectivity index (χ1n) is 6.08. The number of carbonyl (C=O) groups is 1. The summed E-state index contributed by atoms with van der Waals surface area (Å²) in [7, 11) is 0. The Morgan fingerprint density at radius 1 is 1.50 bits per heavy atom. The maximum absolute atomic E-state index is 11.9. The van der Waals surface area contributed by atoms with E-state index in [0.717, 1.165) is 19.3 Å². The van der Waals surface area contributed by atoms with E-state index < -0.39 is 5.92 Å². The summed E-state index contributed by atoms with van der Waals surface area (Å²) in [6, 6.07) is 2.32. The summed E-state index contributed by atoms with van der Waals surface area (Å²) in [5.74, 6) is -0.539. The zero-order valence-electron chi connectivity index (χ0n) is 10.7. The number of nitriles is 1. The van der Waals surface area contributed by atoms with Crippen LogP contribution < -0.4 is 5.32 Å². The second-order valence-electron chi connectivity index (χ2n) is 5.79. The van der Waals surface area contributed by atoms with Gasteiger partial charge in [-0.05, 0) is 24.2 Å². The molecule has 1 fully saturated rings. The summed E-state index contributed by atoms with van der Waals surface area (Å²) in [6.45, 7) is 8.18. The van der Waals surface area contributed by atoms with E-state index in [1.165, 1.54) is 0 Å². The molecule has 3 nitrogen and oxygen atoms in total. The summed E-state index contributed by atoms with van der Waals surface area (Å²) in [5.41, 5.74) is 0.173. The molecule has 3 heteroatoms. The molecule has 0 heterocycles. The topological polar surface area (TPSA) is 52.9 Å². The Bertz CT molecular complexity index is 302. The number of carbonyl (C=O) groups excluding carboxylic acids is 1. The molecule has 2 atom stereocenters. The quantitative estimate of drug-likeness (QED) is 0.797. The van der Waals surface area contributed by atoms with Crippen LogP contribution in [-0.4, -0.2) is 11.9 Å². The summed E-state index contributed by atoms with van der Waals surface area (Å²) in [5, 5.41) is 12.0. The van der Waals surface area contributed by atoms with Crippen molar-refractivity contribution >= 4 is 5.91 Å². The van der Waals surface area contributed by atoms with Crippen LogP contribution in [0.3, 0.4) is 0 Å². The molecule has 16 heavy (non-hydrogen) atoms. The largest absolute Gasteiger partial charge is 0.352 e. The predicted octanol–water partition coefficient (Wildman–Crippen LogP) is 2.48. The monoisotopic (exact) mass is 222 g/mol. The summed E-state index contributed by atoms with van der Waals surface area (Å²) in [6.07, 6.45) is 3.35. The van der Waals surface area contributed by atoms with Crippen LogP contribution in [0, 0.1) is 28.6 Å². The molecule has 1 rings (SSSR count). The minimum absolute atomic E-state index is 0.0783. The van der Waals surface area contributed by atoms with Crippen molar-refractivity contribution in [2.75, 3.05) is 0 Å². The van der Waals surface area contributed by atoms with E-state index in [0.29, 0.717) is 0 Å². The first-order valence-corrected chi connectivity index (χ1v) is 6.08. The smallest absolute Gasteiger partial charge is 0.237 e. The maximum atomic E-state index is 11.9. The van der Waals surface area contributed by atoms with Crippen molar-refractivity contribution < 1.29 is 4.79 Å². The molecule has 1 N–H and O–H groups in total. The Balaban J connectivity index is 2.61. The average Bonchev–Trinajstić information content (AvgIpc) is 2.46. The predicted molar refractivity (Wildman–Crippen MR) is 63.5 cm³/mol. The van der Waals surface area contributed by atoms with E-state index in [-0.39, 0.29) is 23.3 Å². The Kier molecular flexibility index (Phi) is 3.96. The fourth-order valence-electron chi connectivity index (χ4n) is 2.37. The SMILES string of the molecule is CC(C)C(C#N)C(=O)NC1CCCC1(C)C. The van der Waals surface area contributed by atoms with Gasteiger partial charge in [0.25, 0.3) is 0 Å². The third kappa shape index (κ3) is 2.75. The average molecular weight is 222 g/mol. The second kappa shape index (κ2) is 4.86. The highest BCUT2D eigenvalue weighted by Crippen LogP contribution is 2.37. The van der Waals surface area contributed by atoms with Crippen molar-refractivity contribution in [1.82, 2.24) is 5.32 Å². The molecular formula is C13H22N2O. The molecule has 0 spiro atoms. The molecule has 0 aromatic rings. The molecule has 90 valence electrons. The highest BCUT2D eigenvalue weighted by molar-refractivity contribution is 5.81. The minimum Gasteiger partial charge on any atom is -0.352 e. The molecule has 1 aliphatic carbocycles. The molecule has 0 bridgehead atoms. The lowest BCUT2D eigenvalue weighted by atomic mass is 9.86. The lowest BCUT2D eigenvalue weighted by molar-refractivity contribution is -0.125. The number of nitrogens with one attached hydrogen (secondary N) is 1. The summed E-state index contributed by atoms with van der Waals surface area (Å²) < 4.78 is 0. The van der Waals surface area contributed by atoms with Gasteiger partial charge in [-0.15, -0.1) is 0 Å². The number of nitrogens with zero attached hydrogens (tertiary/aromatic N) is 1. The van der Waals surface area contributed by atoms with Crippen LogP contribution in [0.4, 0.5) is 0 Å². The standard InChI is InChI=1S/C13H22N2O/c1-9(2)10(8-14)12(16)15-11-6-5-7-13(11,3)4/h9-11H,5-7H2,1-4H3,(H,15,16). The van der Waals surface area contributed by atoms with E-state index in [9.17, 15) is 4.79 Å². The Labute approximate surface area is 98.2 Å². The van der Waals surface area contributed by atoms with Crippen LogP contribution in [0.15, 0.2) is 0 Å². The fourth-order valence-corrected chi connectivity index (χ4v) is 2.37. The van der Waals surface area contributed by atoms with Gasteiger partial charge >= 0.3 is 0 Å². The van der Waals surface area contributed by atoms with Gasteiger partial charge in [-0.1, -0.05) is 34.1 Å². The summed E-state index contributed by atoms with van der Waals surface area (Å²) >= 11 is 0. The molecule has 0 aromatic heterocycles. The molecule has 0 saturated heterocycles. The van der Waals surface area contributed by atoms with Crippen LogP contribution in [0.5, 0.6) is 0 Å². The van der Waals surface area contributed by atoms with Gasteiger partial charge in [0.05, 0.1) is 6.07 Å². The Morgan fingerprint density at radius 3 is 2.50 bits per heavy atom. The van der Waals surface area contributed by atoms with Crippen molar-refractivity contribution in [2.45, 2.75) is 53.0 Å². The third-order valence-corrected chi connectivity index (χ3v) is 3.66.